The van der Waals surface area contributed by atoms with Gasteiger partial charge in [0.25, 0.3) is 5.91 Å². The van der Waals surface area contributed by atoms with Gasteiger partial charge < -0.3 is 24.3 Å². The Morgan fingerprint density at radius 1 is 0.960 bits per heavy atom. The summed E-state index contributed by atoms with van der Waals surface area (Å²) in [5.41, 5.74) is 0.471. The van der Waals surface area contributed by atoms with Crippen molar-refractivity contribution in [3.05, 3.63) is 41.4 Å². The van der Waals surface area contributed by atoms with Crippen LogP contribution >= 0.6 is 11.6 Å². The molecule has 0 fully saturated rings. The molecule has 1 N–H and O–H groups in total. The molecule has 0 aliphatic rings. The third kappa shape index (κ3) is 4.93. The van der Waals surface area contributed by atoms with Crippen LogP contribution in [0.2, 0.25) is 5.02 Å². The van der Waals surface area contributed by atoms with Gasteiger partial charge in [-0.3, -0.25) is 4.79 Å². The third-order valence-corrected chi connectivity index (χ3v) is 3.66. The molecule has 0 aromatic heterocycles. The molecule has 25 heavy (non-hydrogen) atoms. The number of rotatable bonds is 7. The first-order valence-electron chi connectivity index (χ1n) is 7.51. The van der Waals surface area contributed by atoms with Crippen molar-refractivity contribution < 1.29 is 23.7 Å². The second-order valence-electron chi connectivity index (χ2n) is 5.14. The van der Waals surface area contributed by atoms with Gasteiger partial charge in [-0.15, -0.1) is 0 Å². The smallest absolute Gasteiger partial charge is 0.265 e. The Bertz CT molecular complexity index is 728. The SMILES string of the molecule is COc1cc(OC)cc(O[C@@H](C)C(=O)Nc2cc(Cl)ccc2OC)c1. The molecule has 0 aliphatic carbocycles. The maximum absolute atomic E-state index is 12.4. The normalized spacial score (nSPS) is 11.4. The van der Waals surface area contributed by atoms with Gasteiger partial charge in [0, 0.05) is 23.2 Å². The molecule has 6 nitrogen and oxygen atoms in total. The number of methoxy groups -OCH3 is 3. The lowest BCUT2D eigenvalue weighted by Gasteiger charge is -2.17. The molecule has 0 saturated carbocycles. The van der Waals surface area contributed by atoms with Crippen LogP contribution in [0.5, 0.6) is 23.0 Å². The lowest BCUT2D eigenvalue weighted by Crippen LogP contribution is -2.30. The van der Waals surface area contributed by atoms with Gasteiger partial charge in [-0.25, -0.2) is 0 Å². The van der Waals surface area contributed by atoms with Crippen LogP contribution < -0.4 is 24.3 Å². The van der Waals surface area contributed by atoms with E-state index in [0.717, 1.165) is 0 Å². The molecule has 7 heteroatoms. The fraction of sp³-hybridized carbons (Fsp3) is 0.278. The second kappa shape index (κ2) is 8.48. The van der Waals surface area contributed by atoms with E-state index in [9.17, 15) is 4.79 Å². The summed E-state index contributed by atoms with van der Waals surface area (Å²) in [6.07, 6.45) is -0.763. The molecule has 0 bridgehead atoms. The van der Waals surface area contributed by atoms with Gasteiger partial charge in [0.1, 0.15) is 23.0 Å². The summed E-state index contributed by atoms with van der Waals surface area (Å²) >= 11 is 5.97. The van der Waals surface area contributed by atoms with Gasteiger partial charge in [0.2, 0.25) is 0 Å². The van der Waals surface area contributed by atoms with Crippen LogP contribution in [0.15, 0.2) is 36.4 Å². The molecule has 0 unspecified atom stereocenters. The van der Waals surface area contributed by atoms with Crippen molar-refractivity contribution in [3.8, 4) is 23.0 Å². The minimum absolute atomic E-state index is 0.345. The van der Waals surface area contributed by atoms with E-state index in [4.69, 9.17) is 30.5 Å². The molecule has 2 aromatic carbocycles. The van der Waals surface area contributed by atoms with Gasteiger partial charge >= 0.3 is 0 Å². The van der Waals surface area contributed by atoms with Crippen LogP contribution in [-0.4, -0.2) is 33.3 Å². The number of hydrogen-bond acceptors (Lipinski definition) is 5. The zero-order valence-corrected chi connectivity index (χ0v) is 15.2. The largest absolute Gasteiger partial charge is 0.496 e. The van der Waals surface area contributed by atoms with Crippen LogP contribution in [0.4, 0.5) is 5.69 Å². The Kier molecular flexibility index (Phi) is 6.36. The lowest BCUT2D eigenvalue weighted by atomic mass is 10.2. The summed E-state index contributed by atoms with van der Waals surface area (Å²) in [7, 11) is 4.60. The third-order valence-electron chi connectivity index (χ3n) is 3.43. The number of ether oxygens (including phenoxy) is 4. The number of amides is 1. The van der Waals surface area contributed by atoms with E-state index >= 15 is 0 Å². The minimum atomic E-state index is -0.763. The Balaban J connectivity index is 2.12. The molecule has 2 rings (SSSR count). The number of carbonyl (C=O) groups excluding carboxylic acids is 1. The lowest BCUT2D eigenvalue weighted by molar-refractivity contribution is -0.122. The number of carbonyl (C=O) groups is 1. The van der Waals surface area contributed by atoms with E-state index in [-0.39, 0.29) is 5.91 Å². The van der Waals surface area contributed by atoms with Crippen LogP contribution in [0.25, 0.3) is 0 Å². The highest BCUT2D eigenvalue weighted by atomic mass is 35.5. The summed E-state index contributed by atoms with van der Waals surface area (Å²) in [6, 6.07) is 10.0. The molecule has 0 saturated heterocycles. The van der Waals surface area contributed by atoms with Gasteiger partial charge in [0.05, 0.1) is 27.0 Å². The van der Waals surface area contributed by atoms with E-state index in [2.05, 4.69) is 5.32 Å². The first kappa shape index (κ1) is 18.7. The number of hydrogen-bond donors (Lipinski definition) is 1. The van der Waals surface area contributed by atoms with Crippen molar-refractivity contribution in [1.82, 2.24) is 0 Å². The first-order chi connectivity index (χ1) is 12.0. The zero-order valence-electron chi connectivity index (χ0n) is 14.5. The van der Waals surface area contributed by atoms with Crippen molar-refractivity contribution >= 4 is 23.2 Å². The van der Waals surface area contributed by atoms with E-state index in [0.29, 0.717) is 33.7 Å². The van der Waals surface area contributed by atoms with Gasteiger partial charge in [-0.1, -0.05) is 11.6 Å². The molecule has 0 radical (unpaired) electrons. The molecule has 0 heterocycles. The highest BCUT2D eigenvalue weighted by Gasteiger charge is 2.18. The monoisotopic (exact) mass is 365 g/mol. The predicted molar refractivity (Wildman–Crippen MR) is 96.3 cm³/mol. The van der Waals surface area contributed by atoms with Gasteiger partial charge in [-0.2, -0.15) is 0 Å². The maximum Gasteiger partial charge on any atom is 0.265 e. The van der Waals surface area contributed by atoms with Crippen molar-refractivity contribution in [1.29, 1.82) is 0 Å². The highest BCUT2D eigenvalue weighted by molar-refractivity contribution is 6.31. The van der Waals surface area contributed by atoms with E-state index < -0.39 is 6.10 Å². The van der Waals surface area contributed by atoms with Crippen LogP contribution in [0.1, 0.15) is 6.92 Å². The van der Waals surface area contributed by atoms with Crippen molar-refractivity contribution in [2.75, 3.05) is 26.6 Å². The Labute approximate surface area is 151 Å². The van der Waals surface area contributed by atoms with E-state index in [1.165, 1.54) is 7.11 Å². The van der Waals surface area contributed by atoms with Crippen LogP contribution in [-0.2, 0) is 4.79 Å². The number of anilines is 1. The van der Waals surface area contributed by atoms with Crippen molar-refractivity contribution in [2.24, 2.45) is 0 Å². The summed E-state index contributed by atoms with van der Waals surface area (Å²) in [4.78, 5) is 12.4. The average Bonchev–Trinajstić information content (AvgIpc) is 2.61. The van der Waals surface area contributed by atoms with Crippen LogP contribution in [0, 0.1) is 0 Å². The molecule has 134 valence electrons. The topological polar surface area (TPSA) is 66.0 Å². The van der Waals surface area contributed by atoms with Gasteiger partial charge in [0.15, 0.2) is 6.10 Å². The quantitative estimate of drug-likeness (QED) is 0.809. The summed E-state index contributed by atoms with van der Waals surface area (Å²) < 4.78 is 21.3. The molecule has 1 atom stereocenters. The van der Waals surface area contributed by atoms with E-state index in [1.54, 1.807) is 57.5 Å². The van der Waals surface area contributed by atoms with Gasteiger partial charge in [-0.05, 0) is 25.1 Å². The first-order valence-corrected chi connectivity index (χ1v) is 7.88. The molecule has 2 aromatic rings. The second-order valence-corrected chi connectivity index (χ2v) is 5.58. The fourth-order valence-corrected chi connectivity index (χ4v) is 2.29. The zero-order chi connectivity index (χ0) is 18.4. The molecular formula is C18H20ClNO5. The predicted octanol–water partition coefficient (Wildman–Crippen LogP) is 3.77. The fourth-order valence-electron chi connectivity index (χ4n) is 2.12. The standard InChI is InChI=1S/C18H20ClNO5/c1-11(25-15-9-13(22-2)8-14(10-15)23-3)18(21)20-16-7-12(19)5-6-17(16)24-4/h5-11H,1-4H3,(H,20,21)/t11-/m0/s1. The Morgan fingerprint density at radius 2 is 1.56 bits per heavy atom. The molecule has 1 amide bonds. The molecule has 0 spiro atoms. The Morgan fingerprint density at radius 3 is 2.12 bits per heavy atom. The summed E-state index contributed by atoms with van der Waals surface area (Å²) in [6.45, 7) is 1.64. The minimum Gasteiger partial charge on any atom is -0.496 e. The summed E-state index contributed by atoms with van der Waals surface area (Å²) in [5.74, 6) is 1.75. The van der Waals surface area contributed by atoms with Crippen LogP contribution in [0.3, 0.4) is 0 Å². The maximum atomic E-state index is 12.4. The Hall–Kier alpha value is -2.60. The molecular weight excluding hydrogens is 346 g/mol. The highest BCUT2D eigenvalue weighted by Crippen LogP contribution is 2.30. The number of benzene rings is 2. The summed E-state index contributed by atoms with van der Waals surface area (Å²) in [5, 5.41) is 3.23. The molecule has 0 aliphatic heterocycles. The average molecular weight is 366 g/mol. The van der Waals surface area contributed by atoms with Crippen molar-refractivity contribution in [2.45, 2.75) is 13.0 Å². The van der Waals surface area contributed by atoms with Crippen molar-refractivity contribution in [3.63, 3.8) is 0 Å². The number of nitrogens with one attached hydrogen (secondary N) is 1. The number of halogens is 1. The van der Waals surface area contributed by atoms with E-state index in [1.807, 2.05) is 0 Å².